The Morgan fingerprint density at radius 1 is 1.04 bits per heavy atom. The van der Waals surface area contributed by atoms with Gasteiger partial charge in [0, 0.05) is 17.5 Å². The van der Waals surface area contributed by atoms with Gasteiger partial charge in [-0.15, -0.1) is 0 Å². The molecule has 2 rings (SSSR count). The number of nitrogens with one attached hydrogen (secondary N) is 2. The molecular weight excluding hydrogens is 347 g/mol. The normalized spacial score (nSPS) is 11.0. The molecule has 0 aromatic heterocycles. The Balaban J connectivity index is 1.83. The molecule has 0 atom stereocenters. The lowest BCUT2D eigenvalue weighted by molar-refractivity contribution is -0.120. The fourth-order valence-corrected chi connectivity index (χ4v) is 2.62. The van der Waals surface area contributed by atoms with Gasteiger partial charge in [-0.05, 0) is 42.8 Å². The largest absolute Gasteiger partial charge is 0.494 e. The van der Waals surface area contributed by atoms with E-state index in [9.17, 15) is 14.0 Å². The van der Waals surface area contributed by atoms with Crippen LogP contribution in [-0.2, 0) is 10.2 Å². The minimum atomic E-state index is -0.569. The molecule has 0 heterocycles. The first-order valence-corrected chi connectivity index (χ1v) is 8.86. The van der Waals surface area contributed by atoms with E-state index in [4.69, 9.17) is 4.74 Å². The molecule has 144 valence electrons. The molecule has 5 nitrogen and oxygen atoms in total. The minimum Gasteiger partial charge on any atom is -0.494 e. The summed E-state index contributed by atoms with van der Waals surface area (Å²) in [6, 6.07) is 13.2. The first-order valence-electron chi connectivity index (χ1n) is 8.86. The van der Waals surface area contributed by atoms with Gasteiger partial charge in [-0.3, -0.25) is 9.59 Å². The molecule has 2 aromatic carbocycles. The maximum Gasteiger partial charge on any atom is 0.251 e. The van der Waals surface area contributed by atoms with Crippen molar-refractivity contribution in [1.29, 1.82) is 0 Å². The quantitative estimate of drug-likeness (QED) is 0.748. The van der Waals surface area contributed by atoms with Crippen LogP contribution in [0, 0.1) is 5.82 Å². The van der Waals surface area contributed by atoms with Crippen molar-refractivity contribution in [3.05, 3.63) is 65.5 Å². The Bertz CT molecular complexity index is 788. The van der Waals surface area contributed by atoms with Crippen molar-refractivity contribution in [2.24, 2.45) is 0 Å². The number of ether oxygens (including phenoxy) is 1. The van der Waals surface area contributed by atoms with Crippen LogP contribution in [0.15, 0.2) is 48.5 Å². The van der Waals surface area contributed by atoms with Gasteiger partial charge in [-0.2, -0.15) is 0 Å². The summed E-state index contributed by atoms with van der Waals surface area (Å²) in [6.07, 6.45) is 0. The molecule has 0 unspecified atom stereocenters. The fraction of sp³-hybridized carbons (Fsp3) is 0.333. The Hall–Kier alpha value is -2.89. The topological polar surface area (TPSA) is 67.4 Å². The van der Waals surface area contributed by atoms with Gasteiger partial charge < -0.3 is 15.4 Å². The van der Waals surface area contributed by atoms with Crippen LogP contribution >= 0.6 is 0 Å². The number of halogens is 1. The summed E-state index contributed by atoms with van der Waals surface area (Å²) < 4.78 is 19.3. The molecule has 2 aromatic rings. The van der Waals surface area contributed by atoms with Crippen LogP contribution in [0.2, 0.25) is 0 Å². The SMILES string of the molecule is CCOc1ccc(C(=O)NCC(=O)NCC(C)(C)c2ccccc2F)cc1. The Morgan fingerprint density at radius 3 is 2.33 bits per heavy atom. The highest BCUT2D eigenvalue weighted by atomic mass is 19.1. The minimum absolute atomic E-state index is 0.153. The van der Waals surface area contributed by atoms with Crippen LogP contribution in [0.3, 0.4) is 0 Å². The lowest BCUT2D eigenvalue weighted by Crippen LogP contribution is -2.42. The maximum absolute atomic E-state index is 13.9. The first kappa shape index (κ1) is 20.4. The number of benzene rings is 2. The number of hydrogen-bond donors (Lipinski definition) is 2. The van der Waals surface area contributed by atoms with Crippen LogP contribution in [0.4, 0.5) is 4.39 Å². The van der Waals surface area contributed by atoms with Crippen LogP contribution in [0.5, 0.6) is 5.75 Å². The average molecular weight is 372 g/mol. The molecule has 6 heteroatoms. The maximum atomic E-state index is 13.9. The highest BCUT2D eigenvalue weighted by Gasteiger charge is 2.24. The second kappa shape index (κ2) is 9.16. The summed E-state index contributed by atoms with van der Waals surface area (Å²) >= 11 is 0. The molecule has 0 fully saturated rings. The van der Waals surface area contributed by atoms with E-state index in [1.807, 2.05) is 20.8 Å². The predicted octanol–water partition coefficient (Wildman–Crippen LogP) is 3.05. The van der Waals surface area contributed by atoms with E-state index in [0.29, 0.717) is 23.5 Å². The Labute approximate surface area is 158 Å². The molecule has 0 spiro atoms. The molecule has 0 aliphatic carbocycles. The van der Waals surface area contributed by atoms with E-state index in [-0.39, 0.29) is 30.7 Å². The van der Waals surface area contributed by atoms with Crippen molar-refractivity contribution >= 4 is 11.8 Å². The monoisotopic (exact) mass is 372 g/mol. The Morgan fingerprint density at radius 2 is 1.70 bits per heavy atom. The summed E-state index contributed by atoms with van der Waals surface area (Å²) in [6.45, 7) is 6.24. The predicted molar refractivity (Wildman–Crippen MR) is 102 cm³/mol. The molecule has 0 radical (unpaired) electrons. The summed E-state index contributed by atoms with van der Waals surface area (Å²) in [7, 11) is 0. The number of carbonyl (C=O) groups excluding carboxylic acids is 2. The van der Waals surface area contributed by atoms with Gasteiger partial charge in [0.1, 0.15) is 11.6 Å². The van der Waals surface area contributed by atoms with Gasteiger partial charge in [-0.25, -0.2) is 4.39 Å². The van der Waals surface area contributed by atoms with Gasteiger partial charge in [0.15, 0.2) is 0 Å². The van der Waals surface area contributed by atoms with E-state index >= 15 is 0 Å². The Kier molecular flexibility index (Phi) is 6.93. The first-order chi connectivity index (χ1) is 12.8. The summed E-state index contributed by atoms with van der Waals surface area (Å²) in [5.74, 6) is -0.303. The van der Waals surface area contributed by atoms with Crippen LogP contribution in [-0.4, -0.2) is 31.5 Å². The zero-order valence-corrected chi connectivity index (χ0v) is 15.8. The van der Waals surface area contributed by atoms with Gasteiger partial charge in [-0.1, -0.05) is 32.0 Å². The third-order valence-electron chi connectivity index (χ3n) is 4.17. The molecule has 0 aliphatic rings. The van der Waals surface area contributed by atoms with Crippen LogP contribution in [0.25, 0.3) is 0 Å². The standard InChI is InChI=1S/C21H25FN2O3/c1-4-27-16-11-9-15(10-12-16)20(26)23-13-19(25)24-14-21(2,3)17-7-5-6-8-18(17)22/h5-12H,4,13-14H2,1-3H3,(H,23,26)(H,24,25). The van der Waals surface area contributed by atoms with Crippen LogP contribution < -0.4 is 15.4 Å². The summed E-state index contributed by atoms with van der Waals surface area (Å²) in [4.78, 5) is 24.1. The third kappa shape index (κ3) is 5.81. The number of hydrogen-bond acceptors (Lipinski definition) is 3. The lowest BCUT2D eigenvalue weighted by atomic mass is 9.84. The van der Waals surface area contributed by atoms with E-state index < -0.39 is 5.41 Å². The smallest absolute Gasteiger partial charge is 0.251 e. The molecule has 2 amide bonds. The van der Waals surface area contributed by atoms with E-state index in [1.54, 1.807) is 42.5 Å². The summed E-state index contributed by atoms with van der Waals surface area (Å²) in [5, 5.41) is 5.31. The second-order valence-electron chi connectivity index (χ2n) is 6.78. The van der Waals surface area contributed by atoms with E-state index in [1.165, 1.54) is 6.07 Å². The number of rotatable bonds is 8. The molecule has 0 bridgehead atoms. The van der Waals surface area contributed by atoms with Crippen molar-refractivity contribution in [3.8, 4) is 5.75 Å². The van der Waals surface area contributed by atoms with Crippen molar-refractivity contribution in [1.82, 2.24) is 10.6 Å². The average Bonchev–Trinajstić information content (AvgIpc) is 2.65. The zero-order valence-electron chi connectivity index (χ0n) is 15.8. The fourth-order valence-electron chi connectivity index (χ4n) is 2.62. The highest BCUT2D eigenvalue weighted by molar-refractivity contribution is 5.96. The van der Waals surface area contributed by atoms with Crippen LogP contribution in [0.1, 0.15) is 36.7 Å². The third-order valence-corrected chi connectivity index (χ3v) is 4.17. The molecular formula is C21H25FN2O3. The second-order valence-corrected chi connectivity index (χ2v) is 6.78. The molecule has 0 saturated heterocycles. The van der Waals surface area contributed by atoms with E-state index in [2.05, 4.69) is 10.6 Å². The van der Waals surface area contributed by atoms with Crippen molar-refractivity contribution in [2.75, 3.05) is 19.7 Å². The van der Waals surface area contributed by atoms with Crippen molar-refractivity contribution in [2.45, 2.75) is 26.2 Å². The van der Waals surface area contributed by atoms with Gasteiger partial charge in [0.05, 0.1) is 13.2 Å². The zero-order chi connectivity index (χ0) is 19.9. The van der Waals surface area contributed by atoms with Crippen molar-refractivity contribution < 1.29 is 18.7 Å². The summed E-state index contributed by atoms with van der Waals surface area (Å²) in [5.41, 5.74) is 0.404. The lowest BCUT2D eigenvalue weighted by Gasteiger charge is -2.26. The van der Waals surface area contributed by atoms with Gasteiger partial charge >= 0.3 is 0 Å². The van der Waals surface area contributed by atoms with Gasteiger partial charge in [0.25, 0.3) is 5.91 Å². The van der Waals surface area contributed by atoms with Crippen molar-refractivity contribution in [3.63, 3.8) is 0 Å². The van der Waals surface area contributed by atoms with E-state index in [0.717, 1.165) is 0 Å². The highest BCUT2D eigenvalue weighted by Crippen LogP contribution is 2.24. The molecule has 0 aliphatic heterocycles. The number of amides is 2. The van der Waals surface area contributed by atoms with Gasteiger partial charge in [0.2, 0.25) is 5.91 Å². The molecule has 27 heavy (non-hydrogen) atoms. The molecule has 2 N–H and O–H groups in total. The number of carbonyl (C=O) groups is 2. The molecule has 0 saturated carbocycles.